The van der Waals surface area contributed by atoms with Crippen LogP contribution < -0.4 is 9.47 Å². The molecule has 0 aliphatic carbocycles. The van der Waals surface area contributed by atoms with E-state index in [2.05, 4.69) is 10.6 Å². The van der Waals surface area contributed by atoms with Gasteiger partial charge in [0, 0.05) is 30.8 Å². The lowest BCUT2D eigenvalue weighted by Crippen LogP contribution is -2.40. The fraction of sp³-hybridized carbons (Fsp3) is 0.286. The highest BCUT2D eigenvalue weighted by atomic mass is 19.1. The van der Waals surface area contributed by atoms with E-state index in [1.807, 2.05) is 48.2 Å². The third-order valence-corrected chi connectivity index (χ3v) is 6.90. The summed E-state index contributed by atoms with van der Waals surface area (Å²) in [7, 11) is 0. The second-order valence-electron chi connectivity index (χ2n) is 9.28. The van der Waals surface area contributed by atoms with Crippen molar-refractivity contribution in [2.75, 3.05) is 19.9 Å². The van der Waals surface area contributed by atoms with Gasteiger partial charge < -0.3 is 18.9 Å². The van der Waals surface area contributed by atoms with Crippen LogP contribution in [0.2, 0.25) is 0 Å². The number of aromatic nitrogens is 2. The Morgan fingerprint density at radius 3 is 2.69 bits per heavy atom. The van der Waals surface area contributed by atoms with Crippen LogP contribution in [0.4, 0.5) is 4.39 Å². The molecule has 0 radical (unpaired) electrons. The van der Waals surface area contributed by atoms with E-state index in [1.165, 1.54) is 12.1 Å². The van der Waals surface area contributed by atoms with Gasteiger partial charge in [-0.25, -0.2) is 9.37 Å². The van der Waals surface area contributed by atoms with Crippen molar-refractivity contribution in [3.63, 3.8) is 0 Å². The first-order valence-corrected chi connectivity index (χ1v) is 12.0. The third-order valence-electron chi connectivity index (χ3n) is 6.90. The average molecular weight is 472 g/mol. The molecule has 1 amide bonds. The van der Waals surface area contributed by atoms with Crippen LogP contribution in [-0.4, -0.2) is 40.2 Å². The second-order valence-corrected chi connectivity index (χ2v) is 9.28. The van der Waals surface area contributed by atoms with E-state index in [0.29, 0.717) is 36.5 Å². The lowest BCUT2D eigenvalue weighted by atomic mass is 10.0. The van der Waals surface area contributed by atoms with E-state index in [-0.39, 0.29) is 24.6 Å². The Morgan fingerprint density at radius 2 is 1.86 bits per heavy atom. The second kappa shape index (κ2) is 8.73. The van der Waals surface area contributed by atoms with Crippen molar-refractivity contribution in [2.45, 2.75) is 32.2 Å². The van der Waals surface area contributed by atoms with Crippen molar-refractivity contribution in [3.8, 4) is 22.9 Å². The summed E-state index contributed by atoms with van der Waals surface area (Å²) >= 11 is 0. The fourth-order valence-corrected chi connectivity index (χ4v) is 5.16. The van der Waals surface area contributed by atoms with Crippen LogP contribution in [0.1, 0.15) is 30.0 Å². The molecule has 0 atom stereocenters. The number of imidazole rings is 1. The minimum absolute atomic E-state index is 0.147. The topological polar surface area (TPSA) is 56.6 Å². The van der Waals surface area contributed by atoms with Gasteiger partial charge in [-0.05, 0) is 55.7 Å². The number of fused-ring (bicyclic) bond motifs is 2. The Labute approximate surface area is 202 Å². The molecule has 1 aromatic heterocycles. The maximum absolute atomic E-state index is 14.0. The van der Waals surface area contributed by atoms with Crippen LogP contribution in [0.25, 0.3) is 22.4 Å². The van der Waals surface area contributed by atoms with E-state index in [9.17, 15) is 9.18 Å². The first-order valence-electron chi connectivity index (χ1n) is 12.0. The monoisotopic (exact) mass is 471 g/mol. The zero-order valence-electron chi connectivity index (χ0n) is 19.5. The van der Waals surface area contributed by atoms with Crippen molar-refractivity contribution in [3.05, 3.63) is 77.6 Å². The number of rotatable bonds is 4. The number of carbonyl (C=O) groups is 1. The molecule has 6 nitrogen and oxygen atoms in total. The predicted octanol–water partition coefficient (Wildman–Crippen LogP) is 5.29. The highest BCUT2D eigenvalue weighted by molar-refractivity contribution is 5.82. The number of hydrogen-bond acceptors (Lipinski definition) is 4. The maximum Gasteiger partial charge on any atom is 0.231 e. The summed E-state index contributed by atoms with van der Waals surface area (Å²) in [5.74, 6) is 2.01. The Balaban J connectivity index is 1.27. The van der Waals surface area contributed by atoms with E-state index in [4.69, 9.17) is 14.5 Å². The summed E-state index contributed by atoms with van der Waals surface area (Å²) in [6.45, 7) is 3.60. The fourth-order valence-electron chi connectivity index (χ4n) is 5.16. The lowest BCUT2D eigenvalue weighted by Gasteiger charge is -2.34. The number of hydrogen-bond donors (Lipinski definition) is 0. The lowest BCUT2D eigenvalue weighted by molar-refractivity contribution is -0.131. The van der Waals surface area contributed by atoms with Gasteiger partial charge in [-0.3, -0.25) is 4.79 Å². The van der Waals surface area contributed by atoms with Crippen LogP contribution in [0.3, 0.4) is 0 Å². The largest absolute Gasteiger partial charge is 0.454 e. The van der Waals surface area contributed by atoms with Gasteiger partial charge in [-0.2, -0.15) is 0 Å². The summed E-state index contributed by atoms with van der Waals surface area (Å²) < 4.78 is 27.2. The number of piperidine rings is 1. The van der Waals surface area contributed by atoms with Gasteiger partial charge in [0.15, 0.2) is 11.5 Å². The number of amides is 1. The molecule has 6 rings (SSSR count). The Morgan fingerprint density at radius 1 is 1.03 bits per heavy atom. The minimum Gasteiger partial charge on any atom is -0.454 e. The summed E-state index contributed by atoms with van der Waals surface area (Å²) in [6, 6.07) is 18.8. The van der Waals surface area contributed by atoms with Crippen molar-refractivity contribution < 1.29 is 18.7 Å². The summed E-state index contributed by atoms with van der Waals surface area (Å²) in [5, 5.41) is 0. The molecule has 1 fully saturated rings. The van der Waals surface area contributed by atoms with Crippen LogP contribution in [0.5, 0.6) is 11.5 Å². The molecule has 0 saturated carbocycles. The Kier molecular flexibility index (Phi) is 5.40. The number of aryl methyl sites for hydroxylation is 1. The number of benzene rings is 3. The van der Waals surface area contributed by atoms with Gasteiger partial charge in [0.05, 0.1) is 17.5 Å². The molecule has 0 N–H and O–H groups in total. The maximum atomic E-state index is 14.0. The molecule has 3 heterocycles. The van der Waals surface area contributed by atoms with Gasteiger partial charge in [0.1, 0.15) is 11.6 Å². The molecule has 35 heavy (non-hydrogen) atoms. The minimum atomic E-state index is -0.309. The number of nitrogens with zero attached hydrogens (tertiary/aromatic N) is 3. The average Bonchev–Trinajstić information content (AvgIpc) is 3.48. The van der Waals surface area contributed by atoms with Gasteiger partial charge in [-0.1, -0.05) is 29.8 Å². The molecule has 3 aromatic carbocycles. The van der Waals surface area contributed by atoms with Crippen LogP contribution in [0.15, 0.2) is 60.7 Å². The van der Waals surface area contributed by atoms with Crippen LogP contribution in [0, 0.1) is 12.7 Å². The molecule has 0 unspecified atom stereocenters. The quantitative estimate of drug-likeness (QED) is 0.406. The van der Waals surface area contributed by atoms with Gasteiger partial charge in [-0.15, -0.1) is 0 Å². The first kappa shape index (κ1) is 21.6. The molecule has 1 saturated heterocycles. The smallest absolute Gasteiger partial charge is 0.231 e. The molecule has 0 spiro atoms. The van der Waals surface area contributed by atoms with Gasteiger partial charge in [0.2, 0.25) is 12.7 Å². The molecule has 4 aromatic rings. The predicted molar refractivity (Wildman–Crippen MR) is 131 cm³/mol. The van der Waals surface area contributed by atoms with E-state index in [0.717, 1.165) is 40.9 Å². The zero-order chi connectivity index (χ0) is 23.9. The number of carbonyl (C=O) groups excluding carboxylic acids is 1. The van der Waals surface area contributed by atoms with Crippen molar-refractivity contribution in [1.82, 2.24) is 14.5 Å². The first-order chi connectivity index (χ1) is 17.0. The number of ether oxygens (including phenoxy) is 2. The molecule has 2 aliphatic rings. The zero-order valence-corrected chi connectivity index (χ0v) is 19.5. The molecule has 7 heteroatoms. The van der Waals surface area contributed by atoms with Crippen LogP contribution >= 0.6 is 0 Å². The van der Waals surface area contributed by atoms with Gasteiger partial charge in [0.25, 0.3) is 0 Å². The Bertz CT molecular complexity index is 1420. The van der Waals surface area contributed by atoms with E-state index < -0.39 is 0 Å². The standard InChI is InChI=1S/C28H26FN3O3/c1-18-3-2-4-19(13-18)14-27(33)31-11-9-22(10-12-31)32-24-7-6-21(29)16-23(24)30-28(32)20-5-8-25-26(15-20)35-17-34-25/h2-8,13,15-16,22H,9-12,14,17H2,1H3. The highest BCUT2D eigenvalue weighted by Gasteiger charge is 2.28. The number of halogens is 1. The Hall–Kier alpha value is -3.87. The normalized spacial score (nSPS) is 15.7. The van der Waals surface area contributed by atoms with Crippen molar-refractivity contribution in [1.29, 1.82) is 0 Å². The third kappa shape index (κ3) is 4.11. The van der Waals surface area contributed by atoms with Crippen molar-refractivity contribution in [2.24, 2.45) is 0 Å². The molecule has 2 aliphatic heterocycles. The SMILES string of the molecule is Cc1cccc(CC(=O)N2CCC(n3c(-c4ccc5c(c4)OCO5)nc4cc(F)ccc43)CC2)c1. The summed E-state index contributed by atoms with van der Waals surface area (Å²) in [6.07, 6.45) is 2.03. The molecule has 0 bridgehead atoms. The number of likely N-dealkylation sites (tertiary alicyclic amines) is 1. The van der Waals surface area contributed by atoms with Crippen molar-refractivity contribution >= 4 is 16.9 Å². The summed E-state index contributed by atoms with van der Waals surface area (Å²) in [4.78, 5) is 19.7. The summed E-state index contributed by atoms with van der Waals surface area (Å²) in [5.41, 5.74) is 4.61. The molecular formula is C28H26FN3O3. The van der Waals surface area contributed by atoms with E-state index >= 15 is 0 Å². The molecular weight excluding hydrogens is 445 g/mol. The highest BCUT2D eigenvalue weighted by Crippen LogP contribution is 2.39. The van der Waals surface area contributed by atoms with Gasteiger partial charge >= 0.3 is 0 Å². The molecule has 178 valence electrons. The van der Waals surface area contributed by atoms with Crippen LogP contribution in [-0.2, 0) is 11.2 Å². The van der Waals surface area contributed by atoms with E-state index in [1.54, 1.807) is 6.07 Å².